The summed E-state index contributed by atoms with van der Waals surface area (Å²) in [4.78, 5) is 8.42. The van der Waals surface area contributed by atoms with Crippen LogP contribution in [-0.2, 0) is 4.74 Å². The summed E-state index contributed by atoms with van der Waals surface area (Å²) in [7, 11) is 1.49. The van der Waals surface area contributed by atoms with Gasteiger partial charge in [-0.2, -0.15) is 21.3 Å². The molecule has 4 heterocycles. The van der Waals surface area contributed by atoms with Gasteiger partial charge in [0.05, 0.1) is 19.1 Å². The number of hydrogen-bond donors (Lipinski definition) is 4. The first kappa shape index (κ1) is 17.2. The highest BCUT2D eigenvalue weighted by molar-refractivity contribution is 7.08. The van der Waals surface area contributed by atoms with Crippen molar-refractivity contribution in [1.82, 2.24) is 14.5 Å². The Morgan fingerprint density at radius 2 is 2.15 bits per heavy atom. The molecule has 3 aromatic heterocycles. The van der Waals surface area contributed by atoms with Crippen LogP contribution in [-0.4, -0.2) is 61.9 Å². The van der Waals surface area contributed by atoms with Crippen molar-refractivity contribution < 1.29 is 24.8 Å². The summed E-state index contributed by atoms with van der Waals surface area (Å²) in [5, 5.41) is 34.3. The third-order valence-corrected chi connectivity index (χ3v) is 5.16. The van der Waals surface area contributed by atoms with Crippen LogP contribution in [0.25, 0.3) is 22.2 Å². The smallest absolute Gasteiger partial charge is 0.228 e. The topological polar surface area (TPSA) is 136 Å². The molecule has 0 radical (unpaired) electrons. The molecule has 0 spiro atoms. The molecule has 4 rings (SSSR count). The molecular formula is C16H18N4O5S. The van der Waals surface area contributed by atoms with Crippen molar-refractivity contribution in [2.45, 2.75) is 24.5 Å². The van der Waals surface area contributed by atoms with Crippen molar-refractivity contribution in [1.29, 1.82) is 0 Å². The highest BCUT2D eigenvalue weighted by Gasteiger charge is 2.44. The lowest BCUT2D eigenvalue weighted by Gasteiger charge is -2.17. The van der Waals surface area contributed by atoms with Crippen molar-refractivity contribution >= 4 is 28.3 Å². The molecule has 0 aromatic carbocycles. The van der Waals surface area contributed by atoms with E-state index in [-0.39, 0.29) is 5.95 Å². The Hall–Kier alpha value is -2.24. The lowest BCUT2D eigenvalue weighted by Crippen LogP contribution is -2.33. The molecule has 4 atom stereocenters. The molecule has 0 aliphatic carbocycles. The number of anilines is 1. The van der Waals surface area contributed by atoms with Crippen molar-refractivity contribution in [2.24, 2.45) is 0 Å². The van der Waals surface area contributed by atoms with Crippen molar-refractivity contribution in [3.8, 4) is 17.0 Å². The van der Waals surface area contributed by atoms with E-state index in [1.807, 2.05) is 16.8 Å². The number of aliphatic hydroxyl groups is 3. The Morgan fingerprint density at radius 1 is 1.35 bits per heavy atom. The summed E-state index contributed by atoms with van der Waals surface area (Å²) >= 11 is 1.54. The van der Waals surface area contributed by atoms with Crippen LogP contribution in [0.3, 0.4) is 0 Å². The van der Waals surface area contributed by atoms with Gasteiger partial charge in [-0.15, -0.1) is 0 Å². The van der Waals surface area contributed by atoms with E-state index in [1.54, 1.807) is 10.8 Å². The highest BCUT2D eigenvalue weighted by Crippen LogP contribution is 2.40. The fourth-order valence-electron chi connectivity index (χ4n) is 3.22. The Bertz CT molecular complexity index is 929. The summed E-state index contributed by atoms with van der Waals surface area (Å²) in [6.45, 7) is -0.411. The van der Waals surface area contributed by atoms with Crippen molar-refractivity contribution in [2.75, 3.05) is 19.5 Å². The van der Waals surface area contributed by atoms with Gasteiger partial charge in [0.1, 0.15) is 18.3 Å². The van der Waals surface area contributed by atoms with Crippen LogP contribution in [0, 0.1) is 0 Å². The van der Waals surface area contributed by atoms with Crippen molar-refractivity contribution in [3.63, 3.8) is 0 Å². The molecule has 0 amide bonds. The van der Waals surface area contributed by atoms with E-state index in [1.165, 1.54) is 18.4 Å². The van der Waals surface area contributed by atoms with Crippen LogP contribution in [0.1, 0.15) is 6.23 Å². The molecule has 0 unspecified atom stereocenters. The van der Waals surface area contributed by atoms with Gasteiger partial charge in [0.2, 0.25) is 11.8 Å². The molecule has 138 valence electrons. The van der Waals surface area contributed by atoms with E-state index in [0.29, 0.717) is 16.9 Å². The fraction of sp³-hybridized carbons (Fsp3) is 0.375. The summed E-state index contributed by atoms with van der Waals surface area (Å²) in [6, 6.07) is 1.94. The van der Waals surface area contributed by atoms with Gasteiger partial charge in [-0.25, -0.2) is 0 Å². The number of nitrogen functional groups attached to an aromatic ring is 1. The third-order valence-electron chi connectivity index (χ3n) is 4.47. The minimum atomic E-state index is -1.24. The Kier molecular flexibility index (Phi) is 4.29. The Morgan fingerprint density at radius 3 is 2.77 bits per heavy atom. The lowest BCUT2D eigenvalue weighted by molar-refractivity contribution is -0.0508. The van der Waals surface area contributed by atoms with E-state index in [4.69, 9.17) is 15.2 Å². The zero-order chi connectivity index (χ0) is 18.4. The predicted octanol–water partition coefficient (Wildman–Crippen LogP) is 0.362. The lowest BCUT2D eigenvalue weighted by atomic mass is 10.1. The fourth-order valence-corrected chi connectivity index (χ4v) is 3.88. The molecule has 0 bridgehead atoms. The van der Waals surface area contributed by atoms with Gasteiger partial charge in [0, 0.05) is 11.8 Å². The number of nitrogens with two attached hydrogens (primary N) is 1. The minimum Gasteiger partial charge on any atom is -0.480 e. The molecule has 1 aliphatic heterocycles. The maximum Gasteiger partial charge on any atom is 0.228 e. The largest absolute Gasteiger partial charge is 0.480 e. The molecule has 10 heteroatoms. The van der Waals surface area contributed by atoms with E-state index in [2.05, 4.69) is 9.97 Å². The molecule has 1 aliphatic rings. The molecular weight excluding hydrogens is 360 g/mol. The first-order valence-electron chi connectivity index (χ1n) is 7.92. The molecule has 5 N–H and O–H groups in total. The number of fused-ring (bicyclic) bond motifs is 1. The quantitative estimate of drug-likeness (QED) is 0.511. The Labute approximate surface area is 152 Å². The van der Waals surface area contributed by atoms with E-state index in [0.717, 1.165) is 11.1 Å². The first-order valence-corrected chi connectivity index (χ1v) is 8.86. The molecule has 9 nitrogen and oxygen atoms in total. The minimum absolute atomic E-state index is 0.0114. The SMILES string of the molecule is COc1nc(N)nc2c1c(-c1ccsc1)cn2[C@@H]1O[C@H](CO)[C@@H](O)[C@H]1O. The molecule has 3 aromatic rings. The number of hydrogen-bond acceptors (Lipinski definition) is 9. The van der Waals surface area contributed by atoms with E-state index in [9.17, 15) is 15.3 Å². The van der Waals surface area contributed by atoms with Crippen LogP contribution in [0.15, 0.2) is 23.0 Å². The standard InChI is InChI=1S/C16H18N4O5S/c1-24-14-10-8(7-2-3-26-6-7)4-20(13(10)18-16(17)19-14)15-12(23)11(22)9(5-21)25-15/h2-4,6,9,11-12,15,21-23H,5H2,1H3,(H2,17,18,19)/t9-,11-,12-,15-/m1/s1. The predicted molar refractivity (Wildman–Crippen MR) is 94.8 cm³/mol. The average Bonchev–Trinajstić information content (AvgIpc) is 3.34. The second-order valence-corrected chi connectivity index (χ2v) is 6.76. The summed E-state index contributed by atoms with van der Waals surface area (Å²) < 4.78 is 12.6. The zero-order valence-corrected chi connectivity index (χ0v) is 14.6. The van der Waals surface area contributed by atoms with Gasteiger partial charge in [0.25, 0.3) is 0 Å². The van der Waals surface area contributed by atoms with Crippen LogP contribution < -0.4 is 10.5 Å². The van der Waals surface area contributed by atoms with Crippen LogP contribution >= 0.6 is 11.3 Å². The van der Waals surface area contributed by atoms with Crippen LogP contribution in [0.4, 0.5) is 5.95 Å². The number of rotatable bonds is 4. The number of aromatic nitrogens is 3. The summed E-state index contributed by atoms with van der Waals surface area (Å²) in [6.07, 6.45) is -2.52. The number of aliphatic hydroxyl groups excluding tert-OH is 3. The Balaban J connectivity index is 1.95. The molecule has 26 heavy (non-hydrogen) atoms. The molecule has 1 saturated heterocycles. The number of nitrogens with zero attached hydrogens (tertiary/aromatic N) is 3. The normalized spacial score (nSPS) is 25.8. The van der Waals surface area contributed by atoms with E-state index >= 15 is 0 Å². The second-order valence-electron chi connectivity index (χ2n) is 5.98. The van der Waals surface area contributed by atoms with Crippen molar-refractivity contribution in [3.05, 3.63) is 23.0 Å². The summed E-state index contributed by atoms with van der Waals surface area (Å²) in [5.74, 6) is 0.316. The second kappa shape index (κ2) is 6.49. The molecule has 0 saturated carbocycles. The number of thiophene rings is 1. The first-order chi connectivity index (χ1) is 12.5. The van der Waals surface area contributed by atoms with E-state index < -0.39 is 31.1 Å². The van der Waals surface area contributed by atoms with Gasteiger partial charge < -0.3 is 35.1 Å². The van der Waals surface area contributed by atoms with Gasteiger partial charge in [-0.1, -0.05) is 0 Å². The average molecular weight is 378 g/mol. The van der Waals surface area contributed by atoms with Gasteiger partial charge in [0.15, 0.2) is 11.9 Å². The highest BCUT2D eigenvalue weighted by atomic mass is 32.1. The summed E-state index contributed by atoms with van der Waals surface area (Å²) in [5.41, 5.74) is 7.93. The number of ether oxygens (including phenoxy) is 2. The van der Waals surface area contributed by atoms with Crippen LogP contribution in [0.2, 0.25) is 0 Å². The molecule has 1 fully saturated rings. The number of methoxy groups -OCH3 is 1. The maximum absolute atomic E-state index is 10.4. The zero-order valence-electron chi connectivity index (χ0n) is 13.8. The van der Waals surface area contributed by atoms with Gasteiger partial charge in [-0.05, 0) is 22.4 Å². The monoisotopic (exact) mass is 378 g/mol. The van der Waals surface area contributed by atoms with Gasteiger partial charge >= 0.3 is 0 Å². The maximum atomic E-state index is 10.4. The third kappa shape index (κ3) is 2.54. The van der Waals surface area contributed by atoms with Crippen LogP contribution in [0.5, 0.6) is 5.88 Å². The van der Waals surface area contributed by atoms with Gasteiger partial charge in [-0.3, -0.25) is 0 Å².